The SMILES string of the molecule is Cc1cc(Br)ccc1NC(=O)CN(C)C(=O)/C=C/c1ccccc1. The van der Waals surface area contributed by atoms with Crippen molar-refractivity contribution in [3.05, 3.63) is 70.2 Å². The molecule has 0 bridgehead atoms. The molecule has 24 heavy (non-hydrogen) atoms. The van der Waals surface area contributed by atoms with E-state index in [2.05, 4.69) is 21.2 Å². The molecule has 2 aromatic rings. The van der Waals surface area contributed by atoms with Crippen molar-refractivity contribution in [2.75, 3.05) is 18.9 Å². The van der Waals surface area contributed by atoms with Crippen LogP contribution in [-0.2, 0) is 9.59 Å². The number of carbonyl (C=O) groups is 2. The van der Waals surface area contributed by atoms with Gasteiger partial charge in [-0.1, -0.05) is 46.3 Å². The van der Waals surface area contributed by atoms with Gasteiger partial charge in [0.2, 0.25) is 11.8 Å². The van der Waals surface area contributed by atoms with E-state index in [-0.39, 0.29) is 18.4 Å². The van der Waals surface area contributed by atoms with E-state index in [1.165, 1.54) is 11.0 Å². The maximum atomic E-state index is 12.1. The van der Waals surface area contributed by atoms with Crippen molar-refractivity contribution >= 4 is 39.5 Å². The zero-order chi connectivity index (χ0) is 17.5. The van der Waals surface area contributed by atoms with Gasteiger partial charge in [0.1, 0.15) is 0 Å². The molecule has 4 nitrogen and oxygen atoms in total. The van der Waals surface area contributed by atoms with E-state index in [4.69, 9.17) is 0 Å². The quantitative estimate of drug-likeness (QED) is 0.792. The smallest absolute Gasteiger partial charge is 0.246 e. The summed E-state index contributed by atoms with van der Waals surface area (Å²) in [4.78, 5) is 25.5. The standard InChI is InChI=1S/C19H19BrN2O2/c1-14-12-16(20)9-10-17(14)21-18(23)13-22(2)19(24)11-8-15-6-4-3-5-7-15/h3-12H,13H2,1-2H3,(H,21,23)/b11-8+. The fourth-order valence-electron chi connectivity index (χ4n) is 2.11. The Labute approximate surface area is 150 Å². The molecule has 5 heteroatoms. The summed E-state index contributed by atoms with van der Waals surface area (Å²) in [5.74, 6) is -0.453. The minimum Gasteiger partial charge on any atom is -0.333 e. The first-order chi connectivity index (χ1) is 11.5. The Bertz CT molecular complexity index is 757. The second kappa shape index (κ2) is 8.45. The first-order valence-corrected chi connectivity index (χ1v) is 8.29. The van der Waals surface area contributed by atoms with Gasteiger partial charge in [0.25, 0.3) is 0 Å². The molecule has 2 amide bonds. The average molecular weight is 387 g/mol. The highest BCUT2D eigenvalue weighted by Crippen LogP contribution is 2.19. The highest BCUT2D eigenvalue weighted by atomic mass is 79.9. The van der Waals surface area contributed by atoms with Gasteiger partial charge in [-0.15, -0.1) is 0 Å². The molecule has 0 spiro atoms. The Kier molecular flexibility index (Phi) is 6.32. The first-order valence-electron chi connectivity index (χ1n) is 7.50. The number of hydrogen-bond donors (Lipinski definition) is 1. The minimum absolute atomic E-state index is 0.00648. The van der Waals surface area contributed by atoms with Crippen molar-refractivity contribution in [3.8, 4) is 0 Å². The van der Waals surface area contributed by atoms with Gasteiger partial charge in [0, 0.05) is 23.3 Å². The number of carbonyl (C=O) groups excluding carboxylic acids is 2. The average Bonchev–Trinajstić information content (AvgIpc) is 2.56. The van der Waals surface area contributed by atoms with Crippen LogP contribution >= 0.6 is 15.9 Å². The number of aryl methyl sites for hydroxylation is 1. The number of benzene rings is 2. The largest absolute Gasteiger partial charge is 0.333 e. The van der Waals surface area contributed by atoms with Crippen LogP contribution in [0.1, 0.15) is 11.1 Å². The summed E-state index contributed by atoms with van der Waals surface area (Å²) in [5.41, 5.74) is 2.63. The molecule has 2 rings (SSSR count). The highest BCUT2D eigenvalue weighted by molar-refractivity contribution is 9.10. The Hall–Kier alpha value is -2.40. The number of halogens is 1. The topological polar surface area (TPSA) is 49.4 Å². The minimum atomic E-state index is -0.232. The number of likely N-dealkylation sites (N-methyl/N-ethyl adjacent to an activating group) is 1. The normalized spacial score (nSPS) is 10.6. The molecular weight excluding hydrogens is 368 g/mol. The van der Waals surface area contributed by atoms with Gasteiger partial charge >= 0.3 is 0 Å². The van der Waals surface area contributed by atoms with Crippen molar-refractivity contribution < 1.29 is 9.59 Å². The third-order valence-corrected chi connectivity index (χ3v) is 3.93. The van der Waals surface area contributed by atoms with Gasteiger partial charge < -0.3 is 10.2 Å². The Morgan fingerprint density at radius 2 is 1.88 bits per heavy atom. The third kappa shape index (κ3) is 5.35. The van der Waals surface area contributed by atoms with Crippen LogP contribution in [0.4, 0.5) is 5.69 Å². The molecule has 0 aromatic heterocycles. The predicted molar refractivity (Wildman–Crippen MR) is 101 cm³/mol. The zero-order valence-corrected chi connectivity index (χ0v) is 15.2. The number of nitrogens with one attached hydrogen (secondary N) is 1. The van der Waals surface area contributed by atoms with E-state index in [1.807, 2.05) is 55.5 Å². The fourth-order valence-corrected chi connectivity index (χ4v) is 2.58. The molecule has 2 aromatic carbocycles. The monoisotopic (exact) mass is 386 g/mol. The number of anilines is 1. The van der Waals surface area contributed by atoms with Crippen LogP contribution in [0.25, 0.3) is 6.08 Å². The van der Waals surface area contributed by atoms with E-state index in [0.29, 0.717) is 0 Å². The summed E-state index contributed by atoms with van der Waals surface area (Å²) in [6, 6.07) is 15.2. The van der Waals surface area contributed by atoms with Gasteiger partial charge in [-0.05, 0) is 42.3 Å². The van der Waals surface area contributed by atoms with E-state index in [1.54, 1.807) is 13.1 Å². The Morgan fingerprint density at radius 3 is 2.54 bits per heavy atom. The van der Waals surface area contributed by atoms with Gasteiger partial charge in [-0.2, -0.15) is 0 Å². The first kappa shape index (κ1) is 17.9. The van der Waals surface area contributed by atoms with Gasteiger partial charge in [0.15, 0.2) is 0 Å². The Morgan fingerprint density at radius 1 is 1.17 bits per heavy atom. The molecule has 0 atom stereocenters. The molecule has 1 N–H and O–H groups in total. The number of hydrogen-bond acceptors (Lipinski definition) is 2. The number of rotatable bonds is 5. The summed E-state index contributed by atoms with van der Waals surface area (Å²) < 4.78 is 0.955. The molecule has 0 aliphatic heterocycles. The molecule has 0 unspecified atom stereocenters. The lowest BCUT2D eigenvalue weighted by Crippen LogP contribution is -2.34. The molecule has 0 aliphatic carbocycles. The van der Waals surface area contributed by atoms with Crippen molar-refractivity contribution in [2.45, 2.75) is 6.92 Å². The summed E-state index contributed by atoms with van der Waals surface area (Å²) in [5, 5.41) is 2.82. The van der Waals surface area contributed by atoms with E-state index in [9.17, 15) is 9.59 Å². The maximum absolute atomic E-state index is 12.1. The lowest BCUT2D eigenvalue weighted by Gasteiger charge is -2.15. The summed E-state index contributed by atoms with van der Waals surface area (Å²) in [6.45, 7) is 1.91. The summed E-state index contributed by atoms with van der Waals surface area (Å²) >= 11 is 3.39. The van der Waals surface area contributed by atoms with Crippen LogP contribution in [-0.4, -0.2) is 30.3 Å². The van der Waals surface area contributed by atoms with Crippen molar-refractivity contribution in [2.24, 2.45) is 0 Å². The van der Waals surface area contributed by atoms with Crippen molar-refractivity contribution in [3.63, 3.8) is 0 Å². The fraction of sp³-hybridized carbons (Fsp3) is 0.158. The second-order valence-electron chi connectivity index (χ2n) is 5.45. The van der Waals surface area contributed by atoms with Crippen LogP contribution < -0.4 is 5.32 Å². The summed E-state index contributed by atoms with van der Waals surface area (Å²) in [6.07, 6.45) is 3.20. The van der Waals surface area contributed by atoms with E-state index < -0.39 is 0 Å². The van der Waals surface area contributed by atoms with Crippen LogP contribution in [0.3, 0.4) is 0 Å². The summed E-state index contributed by atoms with van der Waals surface area (Å²) in [7, 11) is 1.60. The lowest BCUT2D eigenvalue weighted by atomic mass is 10.2. The molecule has 124 valence electrons. The van der Waals surface area contributed by atoms with Gasteiger partial charge in [-0.3, -0.25) is 9.59 Å². The molecule has 0 heterocycles. The maximum Gasteiger partial charge on any atom is 0.246 e. The third-order valence-electron chi connectivity index (χ3n) is 3.44. The van der Waals surface area contributed by atoms with Gasteiger partial charge in [0.05, 0.1) is 6.54 Å². The van der Waals surface area contributed by atoms with Crippen molar-refractivity contribution in [1.82, 2.24) is 4.90 Å². The van der Waals surface area contributed by atoms with Crippen LogP contribution in [0, 0.1) is 6.92 Å². The highest BCUT2D eigenvalue weighted by Gasteiger charge is 2.11. The predicted octanol–water partition coefficient (Wildman–Crippen LogP) is 3.87. The number of nitrogens with zero attached hydrogens (tertiary/aromatic N) is 1. The van der Waals surface area contributed by atoms with Crippen LogP contribution in [0.2, 0.25) is 0 Å². The van der Waals surface area contributed by atoms with Crippen molar-refractivity contribution in [1.29, 1.82) is 0 Å². The van der Waals surface area contributed by atoms with E-state index >= 15 is 0 Å². The molecule has 0 fully saturated rings. The van der Waals surface area contributed by atoms with Crippen LogP contribution in [0.5, 0.6) is 0 Å². The van der Waals surface area contributed by atoms with E-state index in [0.717, 1.165) is 21.3 Å². The zero-order valence-electron chi connectivity index (χ0n) is 13.6. The molecule has 0 aliphatic rings. The molecule has 0 saturated heterocycles. The van der Waals surface area contributed by atoms with Crippen LogP contribution in [0.15, 0.2) is 59.1 Å². The molecular formula is C19H19BrN2O2. The molecule has 0 saturated carbocycles. The number of amides is 2. The lowest BCUT2D eigenvalue weighted by molar-refractivity contribution is -0.129. The van der Waals surface area contributed by atoms with Gasteiger partial charge in [-0.25, -0.2) is 0 Å². The second-order valence-corrected chi connectivity index (χ2v) is 6.36. The Balaban J connectivity index is 1.91. The molecule has 0 radical (unpaired) electrons.